The van der Waals surface area contributed by atoms with Crippen LogP contribution in [-0.4, -0.2) is 15.8 Å². The molecule has 128 valence electrons. The van der Waals surface area contributed by atoms with Gasteiger partial charge in [0.1, 0.15) is 11.6 Å². The van der Waals surface area contributed by atoms with Crippen LogP contribution in [0, 0.1) is 15.9 Å². The molecule has 0 spiro atoms. The summed E-state index contributed by atoms with van der Waals surface area (Å²) in [5.74, 6) is 0.247. The second kappa shape index (κ2) is 5.38. The minimum absolute atomic E-state index is 0.0136. The normalized spacial score (nSPS) is 24.2. The standard InChI is InChI=1S/C17H14FN3O3S/c1-17-9-14(13-8-12(21(22)23)6-7-15(13)24-17)19-16(25)20(17)11-4-2-10(18)3-5-11/h2-8,14H,9H2,1H3,(H,19,25)/t14-,17-/m0/s1. The number of benzene rings is 2. The fraction of sp³-hybridized carbons (Fsp3) is 0.235. The monoisotopic (exact) mass is 359 g/mol. The van der Waals surface area contributed by atoms with E-state index in [1.165, 1.54) is 24.3 Å². The molecule has 0 unspecified atom stereocenters. The number of nitro groups is 1. The molecule has 0 aliphatic carbocycles. The van der Waals surface area contributed by atoms with Gasteiger partial charge in [-0.05, 0) is 49.5 Å². The Balaban J connectivity index is 1.77. The predicted molar refractivity (Wildman–Crippen MR) is 94.1 cm³/mol. The number of rotatable bonds is 2. The van der Waals surface area contributed by atoms with E-state index >= 15 is 0 Å². The lowest BCUT2D eigenvalue weighted by Crippen LogP contribution is -2.65. The van der Waals surface area contributed by atoms with E-state index in [4.69, 9.17) is 17.0 Å². The first-order valence-corrected chi connectivity index (χ1v) is 8.12. The zero-order valence-corrected chi connectivity index (χ0v) is 14.0. The summed E-state index contributed by atoms with van der Waals surface area (Å²) in [6.07, 6.45) is 0.540. The number of thiocarbonyl (C=S) groups is 1. The van der Waals surface area contributed by atoms with E-state index in [-0.39, 0.29) is 17.5 Å². The van der Waals surface area contributed by atoms with Crippen LogP contribution < -0.4 is 15.0 Å². The Morgan fingerprint density at radius 2 is 2.08 bits per heavy atom. The van der Waals surface area contributed by atoms with Crippen LogP contribution in [0.15, 0.2) is 42.5 Å². The van der Waals surface area contributed by atoms with Crippen LogP contribution in [0.3, 0.4) is 0 Å². The van der Waals surface area contributed by atoms with Crippen molar-refractivity contribution >= 4 is 28.7 Å². The van der Waals surface area contributed by atoms with Crippen molar-refractivity contribution in [2.45, 2.75) is 25.1 Å². The number of hydrogen-bond donors (Lipinski definition) is 1. The Morgan fingerprint density at radius 3 is 2.76 bits per heavy atom. The van der Waals surface area contributed by atoms with Gasteiger partial charge in [-0.1, -0.05) is 0 Å². The van der Waals surface area contributed by atoms with Gasteiger partial charge >= 0.3 is 0 Å². The van der Waals surface area contributed by atoms with Crippen LogP contribution in [0.1, 0.15) is 24.9 Å². The first-order chi connectivity index (χ1) is 11.9. The average molecular weight is 359 g/mol. The van der Waals surface area contributed by atoms with Crippen molar-refractivity contribution in [1.29, 1.82) is 0 Å². The van der Waals surface area contributed by atoms with Crippen LogP contribution in [0.2, 0.25) is 0 Å². The van der Waals surface area contributed by atoms with Crippen LogP contribution in [0.4, 0.5) is 15.8 Å². The summed E-state index contributed by atoms with van der Waals surface area (Å²) in [5.41, 5.74) is 0.672. The molecule has 2 aliphatic heterocycles. The predicted octanol–water partition coefficient (Wildman–Crippen LogP) is 3.67. The SMILES string of the molecule is C[C@]12C[C@H](NC(=S)N1c1ccc(F)cc1)c1cc([N+](=O)[O-])ccc1O2. The first-order valence-electron chi connectivity index (χ1n) is 7.71. The van der Waals surface area contributed by atoms with Gasteiger partial charge in [0.2, 0.25) is 0 Å². The Morgan fingerprint density at radius 1 is 1.36 bits per heavy atom. The molecule has 1 N–H and O–H groups in total. The van der Waals surface area contributed by atoms with Crippen molar-refractivity contribution in [1.82, 2.24) is 5.32 Å². The highest BCUT2D eigenvalue weighted by molar-refractivity contribution is 7.80. The van der Waals surface area contributed by atoms with E-state index in [2.05, 4.69) is 5.32 Å². The molecule has 4 rings (SSSR count). The summed E-state index contributed by atoms with van der Waals surface area (Å²) < 4.78 is 19.4. The lowest BCUT2D eigenvalue weighted by molar-refractivity contribution is -0.385. The Kier molecular flexibility index (Phi) is 3.40. The maximum Gasteiger partial charge on any atom is 0.270 e. The first kappa shape index (κ1) is 15.8. The number of nitro benzene ring substituents is 1. The zero-order chi connectivity index (χ0) is 17.8. The van der Waals surface area contributed by atoms with Crippen molar-refractivity contribution in [2.75, 3.05) is 4.90 Å². The molecular weight excluding hydrogens is 345 g/mol. The fourth-order valence-corrected chi connectivity index (χ4v) is 3.90. The lowest BCUT2D eigenvalue weighted by atomic mass is 9.90. The second-order valence-electron chi connectivity index (χ2n) is 6.27. The molecule has 2 aliphatic rings. The summed E-state index contributed by atoms with van der Waals surface area (Å²) >= 11 is 5.49. The maximum absolute atomic E-state index is 13.2. The number of hydrogen-bond acceptors (Lipinski definition) is 4. The minimum Gasteiger partial charge on any atom is -0.467 e. The largest absolute Gasteiger partial charge is 0.467 e. The summed E-state index contributed by atoms with van der Waals surface area (Å²) in [7, 11) is 0. The Bertz CT molecular complexity index is 889. The fourth-order valence-electron chi connectivity index (χ4n) is 3.46. The summed E-state index contributed by atoms with van der Waals surface area (Å²) in [5, 5.41) is 14.7. The summed E-state index contributed by atoms with van der Waals surface area (Å²) in [6, 6.07) is 10.4. The lowest BCUT2D eigenvalue weighted by Gasteiger charge is -2.52. The third kappa shape index (κ3) is 2.49. The number of anilines is 1. The highest BCUT2D eigenvalue weighted by atomic mass is 32.1. The molecule has 8 heteroatoms. The number of ether oxygens (including phenoxy) is 1. The van der Waals surface area contributed by atoms with Gasteiger partial charge in [0.15, 0.2) is 10.8 Å². The van der Waals surface area contributed by atoms with Gasteiger partial charge < -0.3 is 10.1 Å². The molecule has 2 aromatic carbocycles. The number of nitrogens with zero attached hydrogens (tertiary/aromatic N) is 2. The van der Waals surface area contributed by atoms with E-state index in [1.54, 1.807) is 18.2 Å². The third-order valence-corrected chi connectivity index (χ3v) is 4.85. The van der Waals surface area contributed by atoms with E-state index in [0.29, 0.717) is 28.5 Å². The number of fused-ring (bicyclic) bond motifs is 4. The van der Waals surface area contributed by atoms with E-state index in [0.717, 1.165) is 0 Å². The molecule has 1 fully saturated rings. The van der Waals surface area contributed by atoms with E-state index in [9.17, 15) is 14.5 Å². The highest BCUT2D eigenvalue weighted by Gasteiger charge is 2.48. The van der Waals surface area contributed by atoms with Crippen LogP contribution in [0.25, 0.3) is 0 Å². The molecule has 0 aromatic heterocycles. The number of non-ortho nitro benzene ring substituents is 1. The molecule has 1 saturated heterocycles. The van der Waals surface area contributed by atoms with Gasteiger partial charge in [-0.25, -0.2) is 4.39 Å². The molecule has 2 heterocycles. The van der Waals surface area contributed by atoms with Crippen LogP contribution in [0.5, 0.6) is 5.75 Å². The van der Waals surface area contributed by atoms with Gasteiger partial charge in [0.05, 0.1) is 11.0 Å². The number of nitrogens with one attached hydrogen (secondary N) is 1. The molecule has 25 heavy (non-hydrogen) atoms. The second-order valence-corrected chi connectivity index (χ2v) is 6.66. The van der Waals surface area contributed by atoms with Crippen molar-refractivity contribution in [3.05, 3.63) is 64.0 Å². The molecule has 0 radical (unpaired) electrons. The summed E-state index contributed by atoms with van der Waals surface area (Å²) in [4.78, 5) is 12.4. The highest BCUT2D eigenvalue weighted by Crippen LogP contribution is 2.46. The molecule has 2 atom stereocenters. The van der Waals surface area contributed by atoms with E-state index in [1.807, 2.05) is 11.8 Å². The molecule has 0 saturated carbocycles. The van der Waals surface area contributed by atoms with Gasteiger partial charge in [-0.2, -0.15) is 0 Å². The van der Waals surface area contributed by atoms with Crippen molar-refractivity contribution < 1.29 is 14.1 Å². The minimum atomic E-state index is -0.770. The molecular formula is C17H14FN3O3S. The van der Waals surface area contributed by atoms with Gasteiger partial charge in [-0.3, -0.25) is 15.0 Å². The van der Waals surface area contributed by atoms with Crippen LogP contribution in [-0.2, 0) is 0 Å². The molecule has 6 nitrogen and oxygen atoms in total. The molecule has 0 amide bonds. The molecule has 2 bridgehead atoms. The maximum atomic E-state index is 13.2. The third-order valence-electron chi connectivity index (χ3n) is 4.55. The van der Waals surface area contributed by atoms with Gasteiger partial charge in [0, 0.05) is 29.8 Å². The number of halogens is 1. The van der Waals surface area contributed by atoms with Gasteiger partial charge in [-0.15, -0.1) is 0 Å². The van der Waals surface area contributed by atoms with Gasteiger partial charge in [0.25, 0.3) is 5.69 Å². The topological polar surface area (TPSA) is 67.6 Å². The smallest absolute Gasteiger partial charge is 0.270 e. The zero-order valence-electron chi connectivity index (χ0n) is 13.2. The Hall–Kier alpha value is -2.74. The average Bonchev–Trinajstić information content (AvgIpc) is 2.55. The Labute approximate surface area is 148 Å². The van der Waals surface area contributed by atoms with E-state index < -0.39 is 10.6 Å². The molecule has 2 aromatic rings. The van der Waals surface area contributed by atoms with Crippen molar-refractivity contribution in [3.63, 3.8) is 0 Å². The van der Waals surface area contributed by atoms with Crippen molar-refractivity contribution in [3.8, 4) is 5.75 Å². The summed E-state index contributed by atoms with van der Waals surface area (Å²) in [6.45, 7) is 1.90. The van der Waals surface area contributed by atoms with Crippen molar-refractivity contribution in [2.24, 2.45) is 0 Å². The van der Waals surface area contributed by atoms with Crippen LogP contribution >= 0.6 is 12.2 Å². The quantitative estimate of drug-likeness (QED) is 0.501.